The number of hydrogen-bond acceptors (Lipinski definition) is 1. The van der Waals surface area contributed by atoms with Gasteiger partial charge in [-0.15, -0.1) is 0 Å². The Morgan fingerprint density at radius 2 is 1.89 bits per heavy atom. The van der Waals surface area contributed by atoms with Crippen molar-refractivity contribution >= 4 is 0 Å². The maximum atomic E-state index is 8.22. The first-order valence-electron chi connectivity index (χ1n) is 3.32. The first-order valence-corrected chi connectivity index (χ1v) is 3.32. The Hall–Kier alpha value is -0.720. The van der Waals surface area contributed by atoms with Crippen molar-refractivity contribution in [3.8, 4) is 0 Å². The number of aliphatic hydroxyl groups excluding tert-OH is 1. The largest absolute Gasteiger partial charge is 0.516 e. The van der Waals surface area contributed by atoms with Crippen molar-refractivity contribution in [1.82, 2.24) is 0 Å². The first kappa shape index (κ1) is 8.28. The van der Waals surface area contributed by atoms with Gasteiger partial charge in [0.2, 0.25) is 0 Å². The molecule has 0 amide bonds. The Bertz CT molecular complexity index is 80.7. The molecule has 9 heavy (non-hydrogen) atoms. The van der Waals surface area contributed by atoms with Gasteiger partial charge in [-0.1, -0.05) is 18.2 Å². The summed E-state index contributed by atoms with van der Waals surface area (Å²) < 4.78 is 0. The minimum absolute atomic E-state index is 0.973. The molecule has 0 atom stereocenters. The van der Waals surface area contributed by atoms with Gasteiger partial charge in [0.05, 0.1) is 6.26 Å². The number of allylic oxidation sites excluding steroid dienone is 3. The van der Waals surface area contributed by atoms with Gasteiger partial charge in [-0.3, -0.25) is 0 Å². The van der Waals surface area contributed by atoms with E-state index in [1.165, 1.54) is 0 Å². The van der Waals surface area contributed by atoms with E-state index in [0.717, 1.165) is 25.5 Å². The first-order chi connectivity index (χ1) is 4.41. The van der Waals surface area contributed by atoms with Gasteiger partial charge in [-0.05, 0) is 26.2 Å². The van der Waals surface area contributed by atoms with Crippen molar-refractivity contribution in [1.29, 1.82) is 0 Å². The average molecular weight is 126 g/mol. The van der Waals surface area contributed by atoms with E-state index in [4.69, 9.17) is 5.11 Å². The van der Waals surface area contributed by atoms with E-state index in [-0.39, 0.29) is 0 Å². The van der Waals surface area contributed by atoms with Crippen LogP contribution in [0.3, 0.4) is 0 Å². The van der Waals surface area contributed by atoms with E-state index >= 15 is 0 Å². The summed E-state index contributed by atoms with van der Waals surface area (Å²) in [5.41, 5.74) is 0. The molecule has 0 aliphatic rings. The lowest BCUT2D eigenvalue weighted by Crippen LogP contribution is -1.67. The second-order valence-electron chi connectivity index (χ2n) is 1.88. The van der Waals surface area contributed by atoms with Gasteiger partial charge in [0.1, 0.15) is 0 Å². The quantitative estimate of drug-likeness (QED) is 0.349. The third-order valence-corrected chi connectivity index (χ3v) is 1.08. The molecule has 0 saturated carbocycles. The van der Waals surface area contributed by atoms with Crippen LogP contribution < -0.4 is 0 Å². The lowest BCUT2D eigenvalue weighted by atomic mass is 10.2. The third kappa shape index (κ3) is 7.28. The molecule has 0 spiro atoms. The van der Waals surface area contributed by atoms with Crippen LogP contribution in [0.2, 0.25) is 0 Å². The van der Waals surface area contributed by atoms with Crippen molar-refractivity contribution in [2.75, 3.05) is 0 Å². The lowest BCUT2D eigenvalue weighted by molar-refractivity contribution is 0.470. The van der Waals surface area contributed by atoms with E-state index in [1.807, 2.05) is 13.0 Å². The summed E-state index contributed by atoms with van der Waals surface area (Å²) in [6, 6.07) is 0. The van der Waals surface area contributed by atoms with Gasteiger partial charge in [0, 0.05) is 0 Å². The Morgan fingerprint density at radius 1 is 1.22 bits per heavy atom. The second kappa shape index (κ2) is 7.28. The summed E-state index contributed by atoms with van der Waals surface area (Å²) in [6.45, 7) is 2.02. The standard InChI is InChI=1S/C8H14O/c1-2-3-4-5-6-7-8-9/h2-3,7-9H,4-6H2,1H3. The van der Waals surface area contributed by atoms with Crippen molar-refractivity contribution in [2.24, 2.45) is 0 Å². The Labute approximate surface area is 56.7 Å². The van der Waals surface area contributed by atoms with Crippen LogP contribution in [0.1, 0.15) is 26.2 Å². The van der Waals surface area contributed by atoms with Crippen molar-refractivity contribution in [3.05, 3.63) is 24.5 Å². The highest BCUT2D eigenvalue weighted by Gasteiger charge is 1.77. The Kier molecular flexibility index (Phi) is 6.70. The molecule has 0 heterocycles. The highest BCUT2D eigenvalue weighted by atomic mass is 16.2. The number of hydrogen-bond donors (Lipinski definition) is 1. The van der Waals surface area contributed by atoms with Gasteiger partial charge in [-0.2, -0.15) is 0 Å². The molecule has 0 rings (SSSR count). The van der Waals surface area contributed by atoms with Crippen LogP contribution in [-0.2, 0) is 0 Å². The molecule has 0 aliphatic heterocycles. The second-order valence-corrected chi connectivity index (χ2v) is 1.88. The van der Waals surface area contributed by atoms with E-state index in [0.29, 0.717) is 0 Å². The van der Waals surface area contributed by atoms with E-state index < -0.39 is 0 Å². The molecule has 0 fully saturated rings. The fourth-order valence-corrected chi connectivity index (χ4v) is 0.595. The molecular weight excluding hydrogens is 112 g/mol. The molecule has 0 radical (unpaired) electrons. The zero-order valence-electron chi connectivity index (χ0n) is 5.88. The topological polar surface area (TPSA) is 20.2 Å². The predicted molar refractivity (Wildman–Crippen MR) is 40.4 cm³/mol. The summed E-state index contributed by atoms with van der Waals surface area (Å²) in [6.07, 6.45) is 10.3. The summed E-state index contributed by atoms with van der Waals surface area (Å²) in [4.78, 5) is 0. The smallest absolute Gasteiger partial charge is 0.0751 e. The van der Waals surface area contributed by atoms with E-state index in [1.54, 1.807) is 6.08 Å². The molecule has 1 heteroatoms. The van der Waals surface area contributed by atoms with E-state index in [9.17, 15) is 0 Å². The van der Waals surface area contributed by atoms with Gasteiger partial charge < -0.3 is 5.11 Å². The summed E-state index contributed by atoms with van der Waals surface area (Å²) >= 11 is 0. The molecule has 0 aliphatic carbocycles. The van der Waals surface area contributed by atoms with Crippen molar-refractivity contribution in [3.63, 3.8) is 0 Å². The summed E-state index contributed by atoms with van der Waals surface area (Å²) in [5, 5.41) is 8.22. The molecule has 0 bridgehead atoms. The molecule has 1 N–H and O–H groups in total. The van der Waals surface area contributed by atoms with Crippen LogP contribution in [0.15, 0.2) is 24.5 Å². The summed E-state index contributed by atoms with van der Waals surface area (Å²) in [5.74, 6) is 0. The number of unbranched alkanes of at least 4 members (excludes halogenated alkanes) is 2. The van der Waals surface area contributed by atoms with E-state index in [2.05, 4.69) is 6.08 Å². The van der Waals surface area contributed by atoms with Crippen molar-refractivity contribution in [2.45, 2.75) is 26.2 Å². The Balaban J connectivity index is 2.91. The third-order valence-electron chi connectivity index (χ3n) is 1.08. The minimum atomic E-state index is 0.973. The molecule has 1 nitrogen and oxygen atoms in total. The van der Waals surface area contributed by atoms with Gasteiger partial charge in [0.25, 0.3) is 0 Å². The maximum absolute atomic E-state index is 8.22. The lowest BCUT2D eigenvalue weighted by Gasteiger charge is -1.86. The molecular formula is C8H14O. The molecule has 0 unspecified atom stereocenters. The highest BCUT2D eigenvalue weighted by Crippen LogP contribution is 1.96. The summed E-state index contributed by atoms with van der Waals surface area (Å²) in [7, 11) is 0. The normalized spacial score (nSPS) is 11.7. The molecule has 52 valence electrons. The van der Waals surface area contributed by atoms with Gasteiger partial charge in [0.15, 0.2) is 0 Å². The van der Waals surface area contributed by atoms with Gasteiger partial charge in [-0.25, -0.2) is 0 Å². The van der Waals surface area contributed by atoms with Gasteiger partial charge >= 0.3 is 0 Å². The maximum Gasteiger partial charge on any atom is 0.0751 e. The molecule has 0 aromatic heterocycles. The highest BCUT2D eigenvalue weighted by molar-refractivity contribution is 4.79. The fraction of sp³-hybridized carbons (Fsp3) is 0.500. The molecule has 0 aromatic rings. The SMILES string of the molecule is CC=CCCCC=CO. The molecule has 0 aromatic carbocycles. The van der Waals surface area contributed by atoms with Crippen LogP contribution in [0.5, 0.6) is 0 Å². The van der Waals surface area contributed by atoms with Crippen molar-refractivity contribution < 1.29 is 5.11 Å². The number of rotatable bonds is 4. The van der Waals surface area contributed by atoms with Crippen LogP contribution in [-0.4, -0.2) is 5.11 Å². The molecule has 0 saturated heterocycles. The van der Waals surface area contributed by atoms with Crippen LogP contribution >= 0.6 is 0 Å². The monoisotopic (exact) mass is 126 g/mol. The zero-order valence-corrected chi connectivity index (χ0v) is 5.88. The van der Waals surface area contributed by atoms with Crippen LogP contribution in [0.4, 0.5) is 0 Å². The predicted octanol–water partition coefficient (Wildman–Crippen LogP) is 2.80. The number of aliphatic hydroxyl groups is 1. The minimum Gasteiger partial charge on any atom is -0.516 e. The van der Waals surface area contributed by atoms with Crippen LogP contribution in [0.25, 0.3) is 0 Å². The average Bonchev–Trinajstić information content (AvgIpc) is 1.89. The fourth-order valence-electron chi connectivity index (χ4n) is 0.595. The Morgan fingerprint density at radius 3 is 2.44 bits per heavy atom. The zero-order chi connectivity index (χ0) is 6.95. The van der Waals surface area contributed by atoms with Crippen LogP contribution in [0, 0.1) is 0 Å².